The molecule has 72 valence electrons. The number of halogens is 1. The third-order valence-corrected chi connectivity index (χ3v) is 2.41. The summed E-state index contributed by atoms with van der Waals surface area (Å²) in [5.74, 6) is 0.800. The zero-order valence-electron chi connectivity index (χ0n) is 7.68. The van der Waals surface area contributed by atoms with Crippen LogP contribution in [0.2, 0.25) is 0 Å². The first kappa shape index (κ1) is 9.33. The summed E-state index contributed by atoms with van der Waals surface area (Å²) in [6, 6.07) is 7.93. The smallest absolute Gasteiger partial charge is 0.182 e. The Morgan fingerprint density at radius 3 is 3.00 bits per heavy atom. The van der Waals surface area contributed by atoms with Crippen molar-refractivity contribution in [2.24, 2.45) is 0 Å². The lowest BCUT2D eigenvalue weighted by molar-refractivity contribution is 0.631. The largest absolute Gasteiger partial charge is 0.226 e. The van der Waals surface area contributed by atoms with Crippen LogP contribution in [0.25, 0.3) is 11.4 Å². The van der Waals surface area contributed by atoms with Crippen molar-refractivity contribution >= 4 is 15.9 Å². The fourth-order valence-electron chi connectivity index (χ4n) is 1.25. The Labute approximate surface area is 90.1 Å². The lowest BCUT2D eigenvalue weighted by Crippen LogP contribution is -1.99. The van der Waals surface area contributed by atoms with Gasteiger partial charge in [0.2, 0.25) is 0 Å². The molecule has 0 saturated carbocycles. The predicted molar refractivity (Wildman–Crippen MR) is 56.6 cm³/mol. The Morgan fingerprint density at radius 1 is 1.43 bits per heavy atom. The van der Waals surface area contributed by atoms with Gasteiger partial charge in [-0.15, -0.1) is 5.10 Å². The normalized spacial score (nSPS) is 10.4. The van der Waals surface area contributed by atoms with Crippen LogP contribution >= 0.6 is 15.9 Å². The van der Waals surface area contributed by atoms with Gasteiger partial charge in [0.25, 0.3) is 0 Å². The van der Waals surface area contributed by atoms with E-state index in [0.717, 1.165) is 22.4 Å². The highest BCUT2D eigenvalue weighted by atomic mass is 79.9. The average molecular weight is 253 g/mol. The summed E-state index contributed by atoms with van der Waals surface area (Å²) in [5, 5.41) is 11.5. The van der Waals surface area contributed by atoms with Crippen LogP contribution < -0.4 is 0 Å². The van der Waals surface area contributed by atoms with Crippen molar-refractivity contribution in [3.8, 4) is 11.4 Å². The van der Waals surface area contributed by atoms with Crippen molar-refractivity contribution < 1.29 is 0 Å². The minimum absolute atomic E-state index is 0.773. The van der Waals surface area contributed by atoms with Gasteiger partial charge >= 0.3 is 0 Å². The molecule has 5 heteroatoms. The van der Waals surface area contributed by atoms with Crippen LogP contribution in [0, 0.1) is 0 Å². The molecule has 1 aromatic carbocycles. The zero-order chi connectivity index (χ0) is 9.97. The van der Waals surface area contributed by atoms with E-state index in [1.165, 1.54) is 0 Å². The SMILES string of the molecule is CCn1nnnc1-c1cccc(Br)c1. The molecule has 1 heterocycles. The maximum atomic E-state index is 3.98. The lowest BCUT2D eigenvalue weighted by Gasteiger charge is -2.00. The standard InChI is InChI=1S/C9H9BrN4/c1-2-14-9(11-12-13-14)7-4-3-5-8(10)6-7/h3-6H,2H2,1H3. The Bertz CT molecular complexity index is 438. The second kappa shape index (κ2) is 3.88. The van der Waals surface area contributed by atoms with E-state index >= 15 is 0 Å². The van der Waals surface area contributed by atoms with E-state index in [1.807, 2.05) is 31.2 Å². The highest BCUT2D eigenvalue weighted by Crippen LogP contribution is 2.19. The molecular weight excluding hydrogens is 244 g/mol. The minimum Gasteiger partial charge on any atom is -0.226 e. The molecule has 0 unspecified atom stereocenters. The van der Waals surface area contributed by atoms with Crippen LogP contribution in [-0.4, -0.2) is 20.2 Å². The number of nitrogens with zero attached hydrogens (tertiary/aromatic N) is 4. The van der Waals surface area contributed by atoms with Crippen molar-refractivity contribution in [2.45, 2.75) is 13.5 Å². The number of hydrogen-bond donors (Lipinski definition) is 0. The number of hydrogen-bond acceptors (Lipinski definition) is 3. The van der Waals surface area contributed by atoms with Crippen molar-refractivity contribution in [2.75, 3.05) is 0 Å². The maximum absolute atomic E-state index is 3.98. The quantitative estimate of drug-likeness (QED) is 0.823. The number of aryl methyl sites for hydroxylation is 1. The summed E-state index contributed by atoms with van der Waals surface area (Å²) in [4.78, 5) is 0. The van der Waals surface area contributed by atoms with E-state index in [4.69, 9.17) is 0 Å². The Balaban J connectivity index is 2.49. The zero-order valence-corrected chi connectivity index (χ0v) is 9.27. The van der Waals surface area contributed by atoms with Crippen molar-refractivity contribution in [1.82, 2.24) is 20.2 Å². The van der Waals surface area contributed by atoms with Crippen molar-refractivity contribution in [1.29, 1.82) is 0 Å². The van der Waals surface area contributed by atoms with Gasteiger partial charge in [0.15, 0.2) is 5.82 Å². The molecule has 0 amide bonds. The van der Waals surface area contributed by atoms with Crippen molar-refractivity contribution in [3.05, 3.63) is 28.7 Å². The van der Waals surface area contributed by atoms with E-state index in [2.05, 4.69) is 31.5 Å². The second-order valence-corrected chi connectivity index (χ2v) is 3.74. The van der Waals surface area contributed by atoms with Crippen LogP contribution in [0.1, 0.15) is 6.92 Å². The molecule has 2 rings (SSSR count). The Hall–Kier alpha value is -1.23. The molecule has 0 fully saturated rings. The molecule has 1 aromatic heterocycles. The monoisotopic (exact) mass is 252 g/mol. The first-order chi connectivity index (χ1) is 6.81. The summed E-state index contributed by atoms with van der Waals surface area (Å²) in [6.07, 6.45) is 0. The number of tetrazole rings is 1. The Kier molecular flexibility index (Phi) is 2.58. The van der Waals surface area contributed by atoms with Gasteiger partial charge in [-0.05, 0) is 29.5 Å². The van der Waals surface area contributed by atoms with Gasteiger partial charge in [-0.2, -0.15) is 0 Å². The molecule has 0 spiro atoms. The second-order valence-electron chi connectivity index (χ2n) is 2.83. The first-order valence-corrected chi connectivity index (χ1v) is 5.12. The van der Waals surface area contributed by atoms with Crippen LogP contribution in [0.5, 0.6) is 0 Å². The van der Waals surface area contributed by atoms with E-state index < -0.39 is 0 Å². The fraction of sp³-hybridized carbons (Fsp3) is 0.222. The van der Waals surface area contributed by atoms with Gasteiger partial charge in [0.05, 0.1) is 0 Å². The van der Waals surface area contributed by atoms with E-state index in [1.54, 1.807) is 4.68 Å². The van der Waals surface area contributed by atoms with Crippen LogP contribution in [0.15, 0.2) is 28.7 Å². The number of rotatable bonds is 2. The highest BCUT2D eigenvalue weighted by Gasteiger charge is 2.06. The minimum atomic E-state index is 0.773. The molecular formula is C9H9BrN4. The average Bonchev–Trinajstić information content (AvgIpc) is 2.65. The van der Waals surface area contributed by atoms with Crippen LogP contribution in [-0.2, 0) is 6.54 Å². The first-order valence-electron chi connectivity index (χ1n) is 4.33. The van der Waals surface area contributed by atoms with E-state index in [9.17, 15) is 0 Å². The number of benzene rings is 1. The number of aromatic nitrogens is 4. The lowest BCUT2D eigenvalue weighted by atomic mass is 10.2. The fourth-order valence-corrected chi connectivity index (χ4v) is 1.65. The molecule has 0 aliphatic heterocycles. The van der Waals surface area contributed by atoms with Gasteiger partial charge in [-0.3, -0.25) is 0 Å². The summed E-state index contributed by atoms with van der Waals surface area (Å²) in [7, 11) is 0. The summed E-state index contributed by atoms with van der Waals surface area (Å²) < 4.78 is 2.79. The summed E-state index contributed by atoms with van der Waals surface area (Å²) in [5.41, 5.74) is 1.02. The van der Waals surface area contributed by atoms with Crippen LogP contribution in [0.4, 0.5) is 0 Å². The van der Waals surface area contributed by atoms with Crippen molar-refractivity contribution in [3.63, 3.8) is 0 Å². The molecule has 0 radical (unpaired) electrons. The third kappa shape index (κ3) is 1.68. The molecule has 4 nitrogen and oxygen atoms in total. The van der Waals surface area contributed by atoms with Gasteiger partial charge < -0.3 is 0 Å². The highest BCUT2D eigenvalue weighted by molar-refractivity contribution is 9.10. The van der Waals surface area contributed by atoms with Gasteiger partial charge in [-0.1, -0.05) is 28.1 Å². The molecule has 0 saturated heterocycles. The van der Waals surface area contributed by atoms with Gasteiger partial charge in [-0.25, -0.2) is 4.68 Å². The molecule has 0 aliphatic carbocycles. The topological polar surface area (TPSA) is 43.6 Å². The predicted octanol–water partition coefficient (Wildman–Crippen LogP) is 2.12. The molecule has 2 aromatic rings. The van der Waals surface area contributed by atoms with E-state index in [-0.39, 0.29) is 0 Å². The molecule has 14 heavy (non-hydrogen) atoms. The van der Waals surface area contributed by atoms with E-state index in [0.29, 0.717) is 0 Å². The van der Waals surface area contributed by atoms with Gasteiger partial charge in [0.1, 0.15) is 0 Å². The Morgan fingerprint density at radius 2 is 2.29 bits per heavy atom. The van der Waals surface area contributed by atoms with Crippen LogP contribution in [0.3, 0.4) is 0 Å². The third-order valence-electron chi connectivity index (χ3n) is 1.91. The molecule has 0 bridgehead atoms. The molecule has 0 atom stereocenters. The maximum Gasteiger partial charge on any atom is 0.182 e. The molecule has 0 aliphatic rings. The summed E-state index contributed by atoms with van der Waals surface area (Å²) in [6.45, 7) is 2.78. The van der Waals surface area contributed by atoms with Gasteiger partial charge in [0, 0.05) is 16.6 Å². The molecule has 0 N–H and O–H groups in total. The summed E-state index contributed by atoms with van der Waals surface area (Å²) >= 11 is 3.42.